The molecule has 4 aromatic carbocycles. The largest absolute Gasteiger partial charge is 0.497 e. The molecule has 0 bridgehead atoms. The van der Waals surface area contributed by atoms with Gasteiger partial charge in [0.1, 0.15) is 34.7 Å². The SMILES string of the molecule is COc1ccc(C(OC[C@]2(CO)O[C@@H](n3ccc(NC(=O)c4ccccc4)nc3=O)C[C@@H]2O[Si](C)(C)C(C)(C)C)(c2ccccc2)c2ccc(OC)cc2)cc1. The second-order valence-electron chi connectivity index (χ2n) is 15.5. The molecule has 0 spiro atoms. The summed E-state index contributed by atoms with van der Waals surface area (Å²) in [4.78, 5) is 30.6. The number of rotatable bonds is 14. The van der Waals surface area contributed by atoms with Crippen LogP contribution in [0.2, 0.25) is 18.1 Å². The van der Waals surface area contributed by atoms with Gasteiger partial charge in [0.2, 0.25) is 0 Å². The van der Waals surface area contributed by atoms with Crippen molar-refractivity contribution in [1.82, 2.24) is 9.55 Å². The number of carbonyl (C=O) groups excluding carboxylic acids is 1. The number of hydrogen-bond acceptors (Lipinski definition) is 9. The molecular formula is C44H51N3O8Si. The van der Waals surface area contributed by atoms with Crippen LogP contribution in [0, 0.1) is 0 Å². The summed E-state index contributed by atoms with van der Waals surface area (Å²) < 4.78 is 33.6. The molecule has 11 nitrogen and oxygen atoms in total. The Bertz CT molecular complexity index is 2090. The molecule has 0 saturated carbocycles. The normalized spacial score (nSPS) is 18.7. The topological polar surface area (TPSA) is 130 Å². The molecule has 0 aliphatic carbocycles. The Morgan fingerprint density at radius 1 is 0.857 bits per heavy atom. The second kappa shape index (κ2) is 16.5. The first-order valence-electron chi connectivity index (χ1n) is 18.7. The van der Waals surface area contributed by atoms with Crippen LogP contribution >= 0.6 is 0 Å². The minimum Gasteiger partial charge on any atom is -0.497 e. The number of nitrogens with one attached hydrogen (secondary N) is 1. The summed E-state index contributed by atoms with van der Waals surface area (Å²) in [6, 6.07) is 35.5. The Labute approximate surface area is 329 Å². The summed E-state index contributed by atoms with van der Waals surface area (Å²) in [7, 11) is 0.750. The number of methoxy groups -OCH3 is 2. The van der Waals surface area contributed by atoms with Crippen molar-refractivity contribution < 1.29 is 33.3 Å². The predicted octanol–water partition coefficient (Wildman–Crippen LogP) is 7.56. The lowest BCUT2D eigenvalue weighted by Crippen LogP contribution is -2.55. The molecule has 12 heteroatoms. The highest BCUT2D eigenvalue weighted by atomic mass is 28.4. The summed E-state index contributed by atoms with van der Waals surface area (Å²) >= 11 is 0. The lowest BCUT2D eigenvalue weighted by molar-refractivity contribution is -0.176. The van der Waals surface area contributed by atoms with E-state index in [1.165, 1.54) is 4.57 Å². The van der Waals surface area contributed by atoms with E-state index in [1.807, 2.05) is 84.9 Å². The van der Waals surface area contributed by atoms with E-state index in [4.69, 9.17) is 23.4 Å². The predicted molar refractivity (Wildman–Crippen MR) is 218 cm³/mol. The molecule has 56 heavy (non-hydrogen) atoms. The van der Waals surface area contributed by atoms with Crippen LogP contribution in [0.4, 0.5) is 5.82 Å². The summed E-state index contributed by atoms with van der Waals surface area (Å²) in [5.41, 5.74) is -0.349. The highest BCUT2D eigenvalue weighted by Crippen LogP contribution is 2.47. The van der Waals surface area contributed by atoms with Crippen LogP contribution in [0.1, 0.15) is 60.5 Å². The number of anilines is 1. The Balaban J connectivity index is 1.42. The van der Waals surface area contributed by atoms with Gasteiger partial charge in [0, 0.05) is 18.2 Å². The van der Waals surface area contributed by atoms with Crippen LogP contribution in [0.3, 0.4) is 0 Å². The van der Waals surface area contributed by atoms with Gasteiger partial charge in [0.15, 0.2) is 8.32 Å². The molecule has 1 aliphatic rings. The highest BCUT2D eigenvalue weighted by molar-refractivity contribution is 6.74. The number of aromatic nitrogens is 2. The first-order chi connectivity index (χ1) is 26.7. The number of aliphatic hydroxyl groups excluding tert-OH is 1. The maximum Gasteiger partial charge on any atom is 0.351 e. The molecule has 1 amide bonds. The average molecular weight is 778 g/mol. The summed E-state index contributed by atoms with van der Waals surface area (Å²) in [6.07, 6.45) is 0.230. The zero-order valence-electron chi connectivity index (χ0n) is 33.0. The van der Waals surface area contributed by atoms with Gasteiger partial charge in [-0.1, -0.05) is 93.6 Å². The molecule has 1 aliphatic heterocycles. The number of ether oxygens (including phenoxy) is 4. The fourth-order valence-electron chi connectivity index (χ4n) is 6.75. The van der Waals surface area contributed by atoms with Crippen molar-refractivity contribution in [2.75, 3.05) is 32.8 Å². The Hall–Kier alpha value is -5.11. The van der Waals surface area contributed by atoms with E-state index < -0.39 is 44.1 Å². The molecule has 2 N–H and O–H groups in total. The quantitative estimate of drug-likeness (QED) is 0.0867. The lowest BCUT2D eigenvalue weighted by atomic mass is 9.79. The van der Waals surface area contributed by atoms with Crippen LogP contribution < -0.4 is 20.5 Å². The van der Waals surface area contributed by atoms with E-state index in [0.717, 1.165) is 16.7 Å². The van der Waals surface area contributed by atoms with Gasteiger partial charge in [-0.2, -0.15) is 4.98 Å². The monoisotopic (exact) mass is 777 g/mol. The average Bonchev–Trinajstić information content (AvgIpc) is 3.55. The third-order valence-electron chi connectivity index (χ3n) is 11.0. The van der Waals surface area contributed by atoms with Crippen molar-refractivity contribution in [3.8, 4) is 11.5 Å². The van der Waals surface area contributed by atoms with Crippen molar-refractivity contribution in [2.45, 2.75) is 68.9 Å². The fourth-order valence-corrected chi connectivity index (χ4v) is 8.12. The molecule has 1 fully saturated rings. The van der Waals surface area contributed by atoms with Gasteiger partial charge in [0.05, 0.1) is 33.5 Å². The fraction of sp³-hybridized carbons (Fsp3) is 0.341. The van der Waals surface area contributed by atoms with Crippen molar-refractivity contribution in [3.05, 3.63) is 154 Å². The van der Waals surface area contributed by atoms with Crippen LogP contribution in [-0.4, -0.2) is 68.0 Å². The number of benzene rings is 4. The van der Waals surface area contributed by atoms with Gasteiger partial charge in [-0.05, 0) is 77.3 Å². The Kier molecular flexibility index (Phi) is 12.0. The van der Waals surface area contributed by atoms with E-state index in [2.05, 4.69) is 44.2 Å². The van der Waals surface area contributed by atoms with E-state index in [1.54, 1.807) is 50.7 Å². The van der Waals surface area contributed by atoms with Gasteiger partial charge in [-0.3, -0.25) is 9.36 Å². The van der Waals surface area contributed by atoms with Gasteiger partial charge < -0.3 is 33.8 Å². The molecule has 1 aromatic heterocycles. The third kappa shape index (κ3) is 8.21. The number of aliphatic hydroxyl groups is 1. The zero-order valence-corrected chi connectivity index (χ0v) is 34.0. The van der Waals surface area contributed by atoms with Crippen LogP contribution in [0.25, 0.3) is 0 Å². The van der Waals surface area contributed by atoms with E-state index in [0.29, 0.717) is 17.1 Å². The van der Waals surface area contributed by atoms with E-state index in [9.17, 15) is 14.7 Å². The molecule has 5 aromatic rings. The Morgan fingerprint density at radius 2 is 1.39 bits per heavy atom. The number of amides is 1. The third-order valence-corrected chi connectivity index (χ3v) is 15.5. The van der Waals surface area contributed by atoms with E-state index in [-0.39, 0.29) is 29.8 Å². The summed E-state index contributed by atoms with van der Waals surface area (Å²) in [6.45, 7) is 10.1. The molecule has 294 valence electrons. The maximum absolute atomic E-state index is 13.6. The first kappa shape index (κ1) is 40.5. The first-order valence-corrected chi connectivity index (χ1v) is 21.6. The smallest absolute Gasteiger partial charge is 0.351 e. The zero-order chi connectivity index (χ0) is 40.1. The molecule has 2 heterocycles. The molecule has 1 saturated heterocycles. The van der Waals surface area contributed by atoms with Gasteiger partial charge >= 0.3 is 5.69 Å². The minimum atomic E-state index is -2.49. The molecule has 0 radical (unpaired) electrons. The van der Waals surface area contributed by atoms with Crippen LogP contribution in [0.15, 0.2) is 126 Å². The van der Waals surface area contributed by atoms with Crippen molar-refractivity contribution in [3.63, 3.8) is 0 Å². The van der Waals surface area contributed by atoms with Gasteiger partial charge in [-0.15, -0.1) is 0 Å². The van der Waals surface area contributed by atoms with Gasteiger partial charge in [-0.25, -0.2) is 4.79 Å². The van der Waals surface area contributed by atoms with Crippen molar-refractivity contribution in [2.24, 2.45) is 0 Å². The van der Waals surface area contributed by atoms with Gasteiger partial charge in [0.25, 0.3) is 5.91 Å². The van der Waals surface area contributed by atoms with Crippen molar-refractivity contribution in [1.29, 1.82) is 0 Å². The molecule has 6 rings (SSSR count). The minimum absolute atomic E-state index is 0.107. The maximum atomic E-state index is 13.6. The Morgan fingerprint density at radius 3 is 1.89 bits per heavy atom. The summed E-state index contributed by atoms with van der Waals surface area (Å²) in [5.74, 6) is 1.09. The molecule has 3 atom stereocenters. The van der Waals surface area contributed by atoms with Crippen LogP contribution in [0.5, 0.6) is 11.5 Å². The standard InChI is InChI=1S/C44H51N3O8Si/c1-42(2,3)56(6,7)55-37-28-39(47-27-26-38(46-41(47)50)45-40(49)31-14-10-8-11-15-31)54-43(37,29-48)30-53-44(32-16-12-9-13-17-32,33-18-22-35(51-4)23-19-33)34-20-24-36(52-5)25-21-34/h8-27,37,39,48H,28-30H2,1-7H3,(H,45,46,49,50)/t37-,39+,43-/m0/s1. The molecular weight excluding hydrogens is 727 g/mol. The van der Waals surface area contributed by atoms with Crippen molar-refractivity contribution >= 4 is 20.0 Å². The molecule has 0 unspecified atom stereocenters. The van der Waals surface area contributed by atoms with E-state index >= 15 is 0 Å². The highest BCUT2D eigenvalue weighted by Gasteiger charge is 2.55. The number of carbonyl (C=O) groups is 1. The second-order valence-corrected chi connectivity index (χ2v) is 20.3. The summed E-state index contributed by atoms with van der Waals surface area (Å²) in [5, 5.41) is 14.0. The number of hydrogen-bond donors (Lipinski definition) is 2. The van der Waals surface area contributed by atoms with Crippen LogP contribution in [-0.2, 0) is 19.5 Å². The lowest BCUT2D eigenvalue weighted by Gasteiger charge is -2.44. The number of nitrogens with zero attached hydrogens (tertiary/aromatic N) is 2.